The van der Waals surface area contributed by atoms with Crippen LogP contribution in [0.25, 0.3) is 43.8 Å². The van der Waals surface area contributed by atoms with E-state index in [4.69, 9.17) is 4.98 Å². The van der Waals surface area contributed by atoms with Gasteiger partial charge in [-0.05, 0) is 81.2 Å². The van der Waals surface area contributed by atoms with Crippen molar-refractivity contribution in [1.82, 2.24) is 4.98 Å². The summed E-state index contributed by atoms with van der Waals surface area (Å²) in [6, 6.07) is 51.7. The number of anilines is 3. The molecular formula is C38H28N2. The van der Waals surface area contributed by atoms with E-state index in [0.717, 1.165) is 22.6 Å². The third-order valence-electron chi connectivity index (χ3n) is 7.66. The van der Waals surface area contributed by atoms with Gasteiger partial charge in [0.05, 0.1) is 0 Å². The smallest absolute Gasteiger partial charge is 0.138 e. The van der Waals surface area contributed by atoms with E-state index in [-0.39, 0.29) is 0 Å². The van der Waals surface area contributed by atoms with Crippen LogP contribution in [0.3, 0.4) is 0 Å². The molecule has 0 bridgehead atoms. The van der Waals surface area contributed by atoms with Crippen molar-refractivity contribution in [2.45, 2.75) is 6.92 Å². The van der Waals surface area contributed by atoms with Crippen LogP contribution in [0.2, 0.25) is 0 Å². The predicted octanol–water partition coefficient (Wildman–Crippen LogP) is 10.5. The van der Waals surface area contributed by atoms with Crippen LogP contribution in [-0.2, 0) is 0 Å². The van der Waals surface area contributed by atoms with Gasteiger partial charge in [0, 0.05) is 23.0 Å². The average Bonchev–Trinajstić information content (AvgIpc) is 3.02. The van der Waals surface area contributed by atoms with Gasteiger partial charge in [0.1, 0.15) is 5.82 Å². The van der Waals surface area contributed by atoms with Gasteiger partial charge in [0.15, 0.2) is 0 Å². The Labute approximate surface area is 234 Å². The van der Waals surface area contributed by atoms with E-state index >= 15 is 0 Å². The Balaban J connectivity index is 1.32. The predicted molar refractivity (Wildman–Crippen MR) is 170 cm³/mol. The minimum atomic E-state index is 0.894. The minimum absolute atomic E-state index is 0.894. The Morgan fingerprint density at radius 2 is 1.07 bits per heavy atom. The van der Waals surface area contributed by atoms with Gasteiger partial charge in [-0.1, -0.05) is 115 Å². The van der Waals surface area contributed by atoms with Crippen molar-refractivity contribution in [1.29, 1.82) is 0 Å². The monoisotopic (exact) mass is 512 g/mol. The first-order valence-corrected chi connectivity index (χ1v) is 13.6. The second-order valence-corrected chi connectivity index (χ2v) is 10.1. The molecule has 2 nitrogen and oxygen atoms in total. The lowest BCUT2D eigenvalue weighted by Gasteiger charge is -2.25. The van der Waals surface area contributed by atoms with Crippen LogP contribution >= 0.6 is 0 Å². The zero-order chi connectivity index (χ0) is 26.9. The number of pyridine rings is 1. The molecule has 0 N–H and O–H groups in total. The topological polar surface area (TPSA) is 16.1 Å². The molecule has 0 spiro atoms. The summed E-state index contributed by atoms with van der Waals surface area (Å²) in [5.41, 5.74) is 8.40. The van der Waals surface area contributed by atoms with Crippen LogP contribution in [0.4, 0.5) is 17.2 Å². The highest BCUT2D eigenvalue weighted by Crippen LogP contribution is 2.39. The normalized spacial score (nSPS) is 11.1. The molecule has 40 heavy (non-hydrogen) atoms. The lowest BCUT2D eigenvalue weighted by atomic mass is 9.90. The fraction of sp³-hybridized carbons (Fsp3) is 0.0263. The molecule has 0 aliphatic rings. The number of hydrogen-bond donors (Lipinski definition) is 0. The number of rotatable bonds is 5. The molecule has 0 unspecified atom stereocenters. The first kappa shape index (κ1) is 23.9. The average molecular weight is 513 g/mol. The van der Waals surface area contributed by atoms with Crippen LogP contribution in [0.15, 0.2) is 152 Å². The molecule has 0 amide bonds. The number of para-hydroxylation sites is 1. The maximum absolute atomic E-state index is 4.85. The van der Waals surface area contributed by atoms with E-state index in [1.807, 2.05) is 12.3 Å². The number of fused-ring (bicyclic) bond motifs is 2. The molecule has 0 atom stereocenters. The summed E-state index contributed by atoms with van der Waals surface area (Å²) in [6.07, 6.45) is 1.96. The zero-order valence-corrected chi connectivity index (χ0v) is 22.3. The van der Waals surface area contributed by atoms with Crippen molar-refractivity contribution >= 4 is 38.7 Å². The molecule has 6 aromatic carbocycles. The Hall–Kier alpha value is -5.21. The van der Waals surface area contributed by atoms with Crippen molar-refractivity contribution < 1.29 is 0 Å². The molecule has 7 aromatic rings. The molecule has 2 heteroatoms. The summed E-state index contributed by atoms with van der Waals surface area (Å²) in [4.78, 5) is 7.07. The highest BCUT2D eigenvalue weighted by Gasteiger charge is 2.15. The molecule has 190 valence electrons. The number of hydrogen-bond acceptors (Lipinski definition) is 2. The van der Waals surface area contributed by atoms with Crippen molar-refractivity contribution in [3.63, 3.8) is 0 Å². The third kappa shape index (κ3) is 4.30. The van der Waals surface area contributed by atoms with Gasteiger partial charge in [-0.25, -0.2) is 4.98 Å². The van der Waals surface area contributed by atoms with Gasteiger partial charge in [-0.15, -0.1) is 0 Å². The minimum Gasteiger partial charge on any atom is -0.295 e. The summed E-state index contributed by atoms with van der Waals surface area (Å²) in [5, 5.41) is 4.83. The number of nitrogens with zero attached hydrogens (tertiary/aromatic N) is 2. The van der Waals surface area contributed by atoms with Crippen LogP contribution in [0.1, 0.15) is 5.56 Å². The van der Waals surface area contributed by atoms with E-state index in [9.17, 15) is 0 Å². The molecule has 0 fully saturated rings. The zero-order valence-electron chi connectivity index (χ0n) is 22.3. The molecule has 0 saturated heterocycles. The number of aromatic nitrogens is 1. The molecule has 1 aromatic heterocycles. The quantitative estimate of drug-likeness (QED) is 0.228. The fourth-order valence-corrected chi connectivity index (χ4v) is 5.64. The van der Waals surface area contributed by atoms with Crippen molar-refractivity contribution in [2.75, 3.05) is 4.90 Å². The van der Waals surface area contributed by atoms with E-state index in [1.54, 1.807) is 0 Å². The van der Waals surface area contributed by atoms with Crippen LogP contribution in [0.5, 0.6) is 0 Å². The number of benzene rings is 6. The standard InChI is InChI=1S/C38H28N2/c1-27-11-5-8-16-33(27)37-24-23-34(35-17-9-10-18-36(35)37)28-19-21-32(22-20-28)40(31-14-3-2-4-15-31)38-25-29-12-6-7-13-30(29)26-39-38/h2-26H,1H3. The summed E-state index contributed by atoms with van der Waals surface area (Å²) in [6.45, 7) is 2.18. The Kier molecular flexibility index (Phi) is 6.07. The summed E-state index contributed by atoms with van der Waals surface area (Å²) < 4.78 is 0. The highest BCUT2D eigenvalue weighted by atomic mass is 15.2. The highest BCUT2D eigenvalue weighted by molar-refractivity contribution is 6.05. The molecular weight excluding hydrogens is 484 g/mol. The van der Waals surface area contributed by atoms with Gasteiger partial charge >= 0.3 is 0 Å². The lowest BCUT2D eigenvalue weighted by molar-refractivity contribution is 1.19. The molecule has 0 aliphatic heterocycles. The molecule has 0 radical (unpaired) electrons. The van der Waals surface area contributed by atoms with Gasteiger partial charge in [0.25, 0.3) is 0 Å². The maximum Gasteiger partial charge on any atom is 0.138 e. The Morgan fingerprint density at radius 3 is 1.85 bits per heavy atom. The van der Waals surface area contributed by atoms with Crippen molar-refractivity contribution in [3.8, 4) is 22.3 Å². The summed E-state index contributed by atoms with van der Waals surface area (Å²) in [7, 11) is 0. The second-order valence-electron chi connectivity index (χ2n) is 10.1. The van der Waals surface area contributed by atoms with E-state index < -0.39 is 0 Å². The summed E-state index contributed by atoms with van der Waals surface area (Å²) >= 11 is 0. The van der Waals surface area contributed by atoms with Gasteiger partial charge in [-0.2, -0.15) is 0 Å². The van der Waals surface area contributed by atoms with E-state index in [1.165, 1.54) is 44.0 Å². The largest absolute Gasteiger partial charge is 0.295 e. The molecule has 0 saturated carbocycles. The van der Waals surface area contributed by atoms with Crippen LogP contribution in [-0.4, -0.2) is 4.98 Å². The fourth-order valence-electron chi connectivity index (χ4n) is 5.64. The van der Waals surface area contributed by atoms with Gasteiger partial charge in [-0.3, -0.25) is 4.90 Å². The lowest BCUT2D eigenvalue weighted by Crippen LogP contribution is -2.11. The Morgan fingerprint density at radius 1 is 0.475 bits per heavy atom. The van der Waals surface area contributed by atoms with Gasteiger partial charge in [0.2, 0.25) is 0 Å². The molecule has 1 heterocycles. The first-order valence-electron chi connectivity index (χ1n) is 13.6. The van der Waals surface area contributed by atoms with Gasteiger partial charge < -0.3 is 0 Å². The van der Waals surface area contributed by atoms with E-state index in [2.05, 4.69) is 151 Å². The second kappa shape index (κ2) is 10.2. The molecule has 7 rings (SSSR count). The van der Waals surface area contributed by atoms with Crippen molar-refractivity contribution in [3.05, 3.63) is 157 Å². The van der Waals surface area contributed by atoms with Crippen LogP contribution < -0.4 is 4.90 Å². The third-order valence-corrected chi connectivity index (χ3v) is 7.66. The molecule has 0 aliphatic carbocycles. The first-order chi connectivity index (χ1) is 19.8. The Bertz CT molecular complexity index is 1960. The van der Waals surface area contributed by atoms with E-state index in [0.29, 0.717) is 0 Å². The number of aryl methyl sites for hydroxylation is 1. The van der Waals surface area contributed by atoms with Crippen LogP contribution in [0, 0.1) is 6.92 Å². The SMILES string of the molecule is Cc1ccccc1-c1ccc(-c2ccc(N(c3ccccc3)c3cc4ccccc4cn3)cc2)c2ccccc12. The maximum atomic E-state index is 4.85. The van der Waals surface area contributed by atoms with Crippen molar-refractivity contribution in [2.24, 2.45) is 0 Å². The summed E-state index contributed by atoms with van der Waals surface area (Å²) in [5.74, 6) is 0.894.